The third-order valence-corrected chi connectivity index (χ3v) is 8.92. The van der Waals surface area contributed by atoms with Gasteiger partial charge in [-0.25, -0.2) is 16.8 Å². The van der Waals surface area contributed by atoms with Crippen molar-refractivity contribution in [3.05, 3.63) is 95.2 Å². The Hall–Kier alpha value is -3.68. The lowest BCUT2D eigenvalue weighted by atomic mass is 10.1. The molecule has 0 amide bonds. The molecule has 1 aliphatic rings. The van der Waals surface area contributed by atoms with Gasteiger partial charge in [-0.2, -0.15) is 4.57 Å². The average molecular weight is 658 g/mol. The summed E-state index contributed by atoms with van der Waals surface area (Å²) in [5.41, 5.74) is 4.71. The van der Waals surface area contributed by atoms with Crippen LogP contribution in [0.3, 0.4) is 0 Å². The van der Waals surface area contributed by atoms with Crippen LogP contribution in [0, 0.1) is 0 Å². The van der Waals surface area contributed by atoms with Gasteiger partial charge in [0.15, 0.2) is 12.3 Å². The van der Waals surface area contributed by atoms with Gasteiger partial charge in [-0.05, 0) is 53.8 Å². The van der Waals surface area contributed by atoms with E-state index in [9.17, 15) is 25.9 Å². The summed E-state index contributed by atoms with van der Waals surface area (Å²) in [4.78, 5) is 1.77. The van der Waals surface area contributed by atoms with E-state index in [2.05, 4.69) is 0 Å². The van der Waals surface area contributed by atoms with E-state index in [1.807, 2.05) is 66.1 Å². The zero-order valence-corrected chi connectivity index (χ0v) is 26.2. The highest BCUT2D eigenvalue weighted by Crippen LogP contribution is 2.41. The largest absolute Gasteiger partial charge is 0.748 e. The van der Waals surface area contributed by atoms with Gasteiger partial charge in [-0.1, -0.05) is 54.9 Å². The Balaban J connectivity index is 1.54. The average Bonchev–Trinajstić information content (AvgIpc) is 3.48. The molecule has 0 unspecified atom stereocenters. The van der Waals surface area contributed by atoms with Gasteiger partial charge >= 0.3 is 5.89 Å². The first-order valence-corrected chi connectivity index (χ1v) is 17.5. The van der Waals surface area contributed by atoms with Gasteiger partial charge in [0, 0.05) is 41.6 Å². The number of oxazole rings is 1. The summed E-state index contributed by atoms with van der Waals surface area (Å²) < 4.78 is 82.0. The topological polar surface area (TPSA) is 144 Å². The maximum atomic E-state index is 11.4. The van der Waals surface area contributed by atoms with Crippen molar-refractivity contribution in [3.8, 4) is 16.9 Å². The Morgan fingerprint density at radius 2 is 1.66 bits per heavy atom. The number of benzene rings is 3. The lowest BCUT2D eigenvalue weighted by molar-refractivity contribution is -0.677. The number of rotatable bonds is 12. The molecular weight excluding hydrogens is 628 g/mol. The zero-order chi connectivity index (χ0) is 31.5. The fourth-order valence-electron chi connectivity index (χ4n) is 5.02. The van der Waals surface area contributed by atoms with Crippen molar-refractivity contribution in [2.45, 2.75) is 32.7 Å². The molecule has 10 nitrogen and oxygen atoms in total. The van der Waals surface area contributed by atoms with E-state index >= 15 is 0 Å². The molecule has 4 aromatic rings. The number of aryl methyl sites for hydroxylation is 1. The lowest BCUT2D eigenvalue weighted by Gasteiger charge is -2.19. The highest BCUT2D eigenvalue weighted by molar-refractivity contribution is 7.85. The van der Waals surface area contributed by atoms with Crippen LogP contribution in [-0.4, -0.2) is 44.0 Å². The molecule has 0 fully saturated rings. The SMILES string of the molecule is CCC(/C=C1\Oc2ccc(Cl)cc2N1CCCS(=O)(=O)[O-])=C\c1oc2ccc(-c3ccccc3)cc2[n+]1CCCS(=O)(=O)[O-]. The van der Waals surface area contributed by atoms with E-state index < -0.39 is 31.7 Å². The van der Waals surface area contributed by atoms with E-state index in [0.717, 1.165) is 22.2 Å². The van der Waals surface area contributed by atoms with Gasteiger partial charge in [0.05, 0.1) is 32.0 Å². The maximum absolute atomic E-state index is 11.4. The van der Waals surface area contributed by atoms with Crippen molar-refractivity contribution >= 4 is 54.7 Å². The van der Waals surface area contributed by atoms with Crippen molar-refractivity contribution in [1.82, 2.24) is 0 Å². The maximum Gasteiger partial charge on any atom is 0.374 e. The predicted octanol–water partition coefficient (Wildman–Crippen LogP) is 5.45. The number of aromatic nitrogens is 1. The molecule has 0 saturated carbocycles. The number of hydrogen-bond acceptors (Lipinski definition) is 9. The van der Waals surface area contributed by atoms with Gasteiger partial charge in [-0.15, -0.1) is 0 Å². The van der Waals surface area contributed by atoms with E-state index in [0.29, 0.717) is 40.2 Å². The van der Waals surface area contributed by atoms with Crippen molar-refractivity contribution in [3.63, 3.8) is 0 Å². The van der Waals surface area contributed by atoms with Crippen molar-refractivity contribution in [2.24, 2.45) is 0 Å². The van der Waals surface area contributed by atoms with Crippen LogP contribution < -0.4 is 14.2 Å². The molecule has 44 heavy (non-hydrogen) atoms. The van der Waals surface area contributed by atoms with Crippen LogP contribution in [0.1, 0.15) is 32.1 Å². The number of nitrogens with zero attached hydrogens (tertiary/aromatic N) is 2. The second-order valence-electron chi connectivity index (χ2n) is 10.3. The summed E-state index contributed by atoms with van der Waals surface area (Å²) in [6.45, 7) is 2.37. The van der Waals surface area contributed by atoms with E-state index in [1.54, 1.807) is 29.2 Å². The van der Waals surface area contributed by atoms with Crippen LogP contribution in [0.4, 0.5) is 5.69 Å². The number of ether oxygens (including phenoxy) is 1. The van der Waals surface area contributed by atoms with Crippen LogP contribution in [0.25, 0.3) is 28.3 Å². The van der Waals surface area contributed by atoms with Gasteiger partial charge in [0.25, 0.3) is 5.52 Å². The number of fused-ring (bicyclic) bond motifs is 2. The lowest BCUT2D eigenvalue weighted by Crippen LogP contribution is -2.36. The highest BCUT2D eigenvalue weighted by Gasteiger charge is 2.28. The monoisotopic (exact) mass is 657 g/mol. The molecule has 3 aromatic carbocycles. The Labute approximate surface area is 261 Å². The molecular formula is C31H30ClN2O8S2-. The standard InChI is InChI=1S/C31H31ClN2O8S2/c1-2-22(19-31-34(15-7-17-44(38,39)40)27-21-25(32)11-13-29(27)42-31)18-30-33(14-6-16-43(35,36)37)26-20-24(10-12-28(26)41-30)23-8-4-3-5-9-23/h3-5,8-13,18-21H,2,6-7,14-17H2,1H3,(H-,35,36,37,38,39,40)/p-1. The first-order chi connectivity index (χ1) is 20.9. The Morgan fingerprint density at radius 1 is 0.932 bits per heavy atom. The molecule has 5 rings (SSSR count). The third-order valence-electron chi connectivity index (χ3n) is 7.11. The van der Waals surface area contributed by atoms with Crippen LogP contribution >= 0.6 is 11.6 Å². The number of halogens is 1. The summed E-state index contributed by atoms with van der Waals surface area (Å²) >= 11 is 6.23. The van der Waals surface area contributed by atoms with Crippen molar-refractivity contribution < 1.29 is 39.7 Å². The summed E-state index contributed by atoms with van der Waals surface area (Å²) in [6, 6.07) is 20.7. The third kappa shape index (κ3) is 7.88. The molecule has 13 heteroatoms. The molecule has 0 spiro atoms. The molecule has 0 saturated heterocycles. The predicted molar refractivity (Wildman–Crippen MR) is 166 cm³/mol. The van der Waals surface area contributed by atoms with Crippen LogP contribution in [-0.2, 0) is 26.8 Å². The first-order valence-electron chi connectivity index (χ1n) is 14.0. The smallest absolute Gasteiger partial charge is 0.374 e. The zero-order valence-electron chi connectivity index (χ0n) is 23.8. The van der Waals surface area contributed by atoms with E-state index in [4.69, 9.17) is 20.8 Å². The van der Waals surface area contributed by atoms with Crippen molar-refractivity contribution in [2.75, 3.05) is 23.0 Å². The quantitative estimate of drug-likeness (QED) is 0.144. The fraction of sp³-hybridized carbons (Fsp3) is 0.258. The van der Waals surface area contributed by atoms with Gasteiger partial charge < -0.3 is 23.2 Å². The van der Waals surface area contributed by atoms with E-state index in [1.165, 1.54) is 0 Å². The molecule has 0 atom stereocenters. The molecule has 0 bridgehead atoms. The second-order valence-corrected chi connectivity index (χ2v) is 13.8. The Bertz CT molecular complexity index is 1950. The molecule has 2 heterocycles. The normalized spacial score (nSPS) is 14.8. The van der Waals surface area contributed by atoms with Crippen LogP contribution in [0.5, 0.6) is 5.75 Å². The molecule has 0 radical (unpaired) electrons. The summed E-state index contributed by atoms with van der Waals surface area (Å²) in [5, 5.41) is 0.472. The molecule has 1 aliphatic heterocycles. The first kappa shape index (κ1) is 31.7. The van der Waals surface area contributed by atoms with Gasteiger partial charge in [-0.3, -0.25) is 0 Å². The summed E-state index contributed by atoms with van der Waals surface area (Å²) in [7, 11) is -8.79. The Kier molecular flexibility index (Phi) is 9.47. The fourth-order valence-corrected chi connectivity index (χ4v) is 6.16. The highest BCUT2D eigenvalue weighted by atomic mass is 35.5. The summed E-state index contributed by atoms with van der Waals surface area (Å²) in [5.74, 6) is 0.371. The van der Waals surface area contributed by atoms with Gasteiger partial charge in [0.2, 0.25) is 11.5 Å². The van der Waals surface area contributed by atoms with Crippen molar-refractivity contribution in [1.29, 1.82) is 0 Å². The van der Waals surface area contributed by atoms with Gasteiger partial charge in [0.1, 0.15) is 0 Å². The molecule has 0 aliphatic carbocycles. The minimum absolute atomic E-state index is 0.0829. The minimum atomic E-state index is -4.40. The van der Waals surface area contributed by atoms with Crippen LogP contribution in [0.2, 0.25) is 5.02 Å². The summed E-state index contributed by atoms with van der Waals surface area (Å²) in [6.07, 6.45) is 4.35. The number of allylic oxidation sites excluding steroid dienone is 2. The van der Waals surface area contributed by atoms with Crippen LogP contribution in [0.15, 0.2) is 88.7 Å². The number of hydrogen-bond donors (Lipinski definition) is 0. The number of anilines is 1. The molecule has 0 N–H and O–H groups in total. The van der Waals surface area contributed by atoms with E-state index in [-0.39, 0.29) is 25.9 Å². The second kappa shape index (κ2) is 13.1. The Morgan fingerprint density at radius 3 is 2.36 bits per heavy atom. The molecule has 232 valence electrons. The molecule has 1 aromatic heterocycles. The minimum Gasteiger partial charge on any atom is -0.748 e.